The quantitative estimate of drug-likeness (QED) is 0.725. The van der Waals surface area contributed by atoms with Crippen LogP contribution >= 0.6 is 11.6 Å². The minimum Gasteiger partial charge on any atom is -0.351 e. The Kier molecular flexibility index (Phi) is 3.71. The second kappa shape index (κ2) is 4.81. The molecule has 0 saturated carbocycles. The molecule has 5 heteroatoms. The maximum absolute atomic E-state index is 11.1. The lowest BCUT2D eigenvalue weighted by molar-refractivity contribution is -0.120. The fraction of sp³-hybridized carbons (Fsp3) is 0.333. The van der Waals surface area contributed by atoms with E-state index < -0.39 is 5.38 Å². The van der Waals surface area contributed by atoms with Crippen molar-refractivity contribution >= 4 is 17.5 Å². The summed E-state index contributed by atoms with van der Waals surface area (Å²) in [4.78, 5) is 24.4. The molecule has 1 aromatic heterocycles. The van der Waals surface area contributed by atoms with Gasteiger partial charge >= 0.3 is 0 Å². The van der Waals surface area contributed by atoms with Gasteiger partial charge in [-0.25, -0.2) is 0 Å². The predicted octanol–water partition coefficient (Wildman–Crippen LogP) is 0.618. The summed E-state index contributed by atoms with van der Waals surface area (Å²) in [5, 5.41) is 2.04. The van der Waals surface area contributed by atoms with E-state index in [-0.39, 0.29) is 11.5 Å². The van der Waals surface area contributed by atoms with E-state index in [9.17, 15) is 9.59 Å². The zero-order valence-corrected chi connectivity index (χ0v) is 8.47. The molecule has 76 valence electrons. The van der Waals surface area contributed by atoms with Gasteiger partial charge in [0.2, 0.25) is 11.5 Å². The topological polar surface area (TPSA) is 62.0 Å². The first-order valence-electron chi connectivity index (χ1n) is 4.19. The fourth-order valence-corrected chi connectivity index (χ4v) is 1.01. The number of hydrogen-bond acceptors (Lipinski definition) is 2. The van der Waals surface area contributed by atoms with Crippen LogP contribution in [0.15, 0.2) is 23.1 Å². The molecule has 0 fully saturated rings. The Labute approximate surface area is 86.3 Å². The first-order chi connectivity index (χ1) is 6.59. The van der Waals surface area contributed by atoms with Gasteiger partial charge in [-0.15, -0.1) is 11.6 Å². The van der Waals surface area contributed by atoms with Crippen molar-refractivity contribution < 1.29 is 4.79 Å². The third-order valence-corrected chi connectivity index (χ3v) is 1.87. The van der Waals surface area contributed by atoms with Crippen LogP contribution in [0.1, 0.15) is 12.5 Å². The standard InChI is InChI=1S/C9H11ClN2O2/c1-6(10)9(14)12-5-7-2-3-11-8(13)4-7/h2-4,6H,5H2,1H3,(H,11,13)(H,12,14). The molecular weight excluding hydrogens is 204 g/mol. The average molecular weight is 215 g/mol. The molecule has 0 spiro atoms. The second-order valence-electron chi connectivity index (χ2n) is 2.89. The number of aromatic amines is 1. The summed E-state index contributed by atoms with van der Waals surface area (Å²) in [6, 6.07) is 3.15. The van der Waals surface area contributed by atoms with Crippen LogP contribution in [0.5, 0.6) is 0 Å². The SMILES string of the molecule is CC(Cl)C(=O)NCc1cc[nH]c(=O)c1. The molecule has 2 N–H and O–H groups in total. The number of halogens is 1. The number of amides is 1. The molecule has 0 aliphatic rings. The second-order valence-corrected chi connectivity index (χ2v) is 3.55. The largest absolute Gasteiger partial charge is 0.351 e. The van der Waals surface area contributed by atoms with E-state index in [1.165, 1.54) is 12.3 Å². The van der Waals surface area contributed by atoms with Crippen molar-refractivity contribution in [1.82, 2.24) is 10.3 Å². The van der Waals surface area contributed by atoms with Gasteiger partial charge in [0.1, 0.15) is 5.38 Å². The molecule has 0 aliphatic carbocycles. The molecule has 1 atom stereocenters. The zero-order chi connectivity index (χ0) is 10.6. The fourth-order valence-electron chi connectivity index (χ4n) is 0.929. The summed E-state index contributed by atoms with van der Waals surface area (Å²) in [5.74, 6) is -0.244. The number of carbonyl (C=O) groups excluding carboxylic acids is 1. The highest BCUT2D eigenvalue weighted by Crippen LogP contribution is 1.95. The molecule has 1 rings (SSSR count). The highest BCUT2D eigenvalue weighted by molar-refractivity contribution is 6.30. The van der Waals surface area contributed by atoms with Gasteiger partial charge in [-0.05, 0) is 18.6 Å². The molecule has 0 aliphatic heterocycles. The lowest BCUT2D eigenvalue weighted by atomic mass is 10.2. The first-order valence-corrected chi connectivity index (χ1v) is 4.62. The third-order valence-electron chi connectivity index (χ3n) is 1.67. The van der Waals surface area contributed by atoms with Crippen molar-refractivity contribution in [2.45, 2.75) is 18.8 Å². The Morgan fingerprint density at radius 3 is 3.00 bits per heavy atom. The maximum Gasteiger partial charge on any atom is 0.248 e. The van der Waals surface area contributed by atoms with Crippen molar-refractivity contribution in [2.24, 2.45) is 0 Å². The maximum atomic E-state index is 11.1. The lowest BCUT2D eigenvalue weighted by Crippen LogP contribution is -2.29. The van der Waals surface area contributed by atoms with E-state index in [2.05, 4.69) is 10.3 Å². The van der Waals surface area contributed by atoms with Crippen molar-refractivity contribution in [3.05, 3.63) is 34.2 Å². The van der Waals surface area contributed by atoms with Crippen molar-refractivity contribution in [1.29, 1.82) is 0 Å². The molecule has 1 heterocycles. The van der Waals surface area contributed by atoms with Gasteiger partial charge < -0.3 is 10.3 Å². The zero-order valence-electron chi connectivity index (χ0n) is 7.71. The molecule has 1 amide bonds. The van der Waals surface area contributed by atoms with E-state index in [4.69, 9.17) is 11.6 Å². The summed E-state index contributed by atoms with van der Waals surface area (Å²) >= 11 is 5.55. The highest BCUT2D eigenvalue weighted by atomic mass is 35.5. The Balaban J connectivity index is 2.54. The normalized spacial score (nSPS) is 12.1. The van der Waals surface area contributed by atoms with E-state index in [1.807, 2.05) is 0 Å². The van der Waals surface area contributed by atoms with Gasteiger partial charge in [-0.3, -0.25) is 9.59 Å². The van der Waals surface area contributed by atoms with Gasteiger partial charge in [0.25, 0.3) is 0 Å². The summed E-state index contributed by atoms with van der Waals surface area (Å²) in [6.07, 6.45) is 1.54. The highest BCUT2D eigenvalue weighted by Gasteiger charge is 2.07. The van der Waals surface area contributed by atoms with Gasteiger partial charge in [0.05, 0.1) is 0 Å². The Morgan fingerprint density at radius 2 is 2.43 bits per heavy atom. The smallest absolute Gasteiger partial charge is 0.248 e. The number of pyridine rings is 1. The van der Waals surface area contributed by atoms with Crippen LogP contribution in [-0.2, 0) is 11.3 Å². The number of H-pyrrole nitrogens is 1. The summed E-state index contributed by atoms with van der Waals surface area (Å²) in [7, 11) is 0. The van der Waals surface area contributed by atoms with Crippen molar-refractivity contribution in [2.75, 3.05) is 0 Å². The number of aromatic nitrogens is 1. The van der Waals surface area contributed by atoms with Crippen molar-refractivity contribution in [3.63, 3.8) is 0 Å². The molecule has 1 aromatic rings. The number of carbonyl (C=O) groups is 1. The van der Waals surface area contributed by atoms with Gasteiger partial charge in [-0.1, -0.05) is 0 Å². The summed E-state index contributed by atoms with van der Waals surface area (Å²) in [5.41, 5.74) is 0.565. The number of nitrogens with one attached hydrogen (secondary N) is 2. The first kappa shape index (κ1) is 10.8. The predicted molar refractivity (Wildman–Crippen MR) is 54.2 cm³/mol. The van der Waals surface area contributed by atoms with Crippen LogP contribution in [0.2, 0.25) is 0 Å². The van der Waals surface area contributed by atoms with Crippen LogP contribution in [0.4, 0.5) is 0 Å². The van der Waals surface area contributed by atoms with Crippen LogP contribution in [-0.4, -0.2) is 16.3 Å². The summed E-state index contributed by atoms with van der Waals surface area (Å²) < 4.78 is 0. The molecule has 0 radical (unpaired) electrons. The van der Waals surface area contributed by atoms with Crippen LogP contribution in [0.3, 0.4) is 0 Å². The molecular formula is C9H11ClN2O2. The van der Waals surface area contributed by atoms with Crippen LogP contribution in [0, 0.1) is 0 Å². The van der Waals surface area contributed by atoms with E-state index in [0.29, 0.717) is 6.54 Å². The monoisotopic (exact) mass is 214 g/mol. The number of hydrogen-bond donors (Lipinski definition) is 2. The molecule has 0 saturated heterocycles. The van der Waals surface area contributed by atoms with Crippen molar-refractivity contribution in [3.8, 4) is 0 Å². The van der Waals surface area contributed by atoms with Gasteiger partial charge in [0, 0.05) is 18.8 Å². The molecule has 1 unspecified atom stereocenters. The average Bonchev–Trinajstić information content (AvgIpc) is 2.14. The molecule has 14 heavy (non-hydrogen) atoms. The van der Waals surface area contributed by atoms with E-state index >= 15 is 0 Å². The summed E-state index contributed by atoms with van der Waals surface area (Å²) in [6.45, 7) is 1.91. The Bertz CT molecular complexity index is 373. The number of alkyl halides is 1. The van der Waals surface area contributed by atoms with Gasteiger partial charge in [0.15, 0.2) is 0 Å². The Morgan fingerprint density at radius 1 is 1.71 bits per heavy atom. The van der Waals surface area contributed by atoms with Gasteiger partial charge in [-0.2, -0.15) is 0 Å². The van der Waals surface area contributed by atoms with Crippen LogP contribution < -0.4 is 10.9 Å². The molecule has 4 nitrogen and oxygen atoms in total. The van der Waals surface area contributed by atoms with E-state index in [1.54, 1.807) is 13.0 Å². The minimum absolute atomic E-state index is 0.185. The lowest BCUT2D eigenvalue weighted by Gasteiger charge is -2.05. The molecule has 0 aromatic carbocycles. The van der Waals surface area contributed by atoms with E-state index in [0.717, 1.165) is 5.56 Å². The number of rotatable bonds is 3. The Hall–Kier alpha value is -1.29. The molecule has 0 bridgehead atoms. The van der Waals surface area contributed by atoms with Crippen LogP contribution in [0.25, 0.3) is 0 Å². The minimum atomic E-state index is -0.558. The third kappa shape index (κ3) is 3.22.